The van der Waals surface area contributed by atoms with Gasteiger partial charge in [0.15, 0.2) is 0 Å². The number of carbonyl (C=O) groups is 1. The zero-order valence-corrected chi connectivity index (χ0v) is 18.3. The zero-order valence-electron chi connectivity index (χ0n) is 17.6. The van der Waals surface area contributed by atoms with Crippen molar-refractivity contribution in [2.75, 3.05) is 25.1 Å². The van der Waals surface area contributed by atoms with E-state index in [9.17, 15) is 10.1 Å². The van der Waals surface area contributed by atoms with E-state index < -0.39 is 5.91 Å². The molecule has 166 valence electrons. The van der Waals surface area contributed by atoms with E-state index in [-0.39, 0.29) is 34.8 Å². The fourth-order valence-electron chi connectivity index (χ4n) is 3.84. The molecule has 0 spiro atoms. The molecule has 1 aliphatic heterocycles. The molecule has 8 nitrogen and oxygen atoms in total. The lowest BCUT2D eigenvalue weighted by molar-refractivity contribution is -0.114. The molecule has 2 fully saturated rings. The van der Waals surface area contributed by atoms with Crippen LogP contribution in [0, 0.1) is 28.1 Å². The van der Waals surface area contributed by atoms with Crippen molar-refractivity contribution in [3.63, 3.8) is 0 Å². The molecule has 1 saturated heterocycles. The summed E-state index contributed by atoms with van der Waals surface area (Å²) in [5, 5.41) is 28.0. The molecule has 1 aliphatic carbocycles. The lowest BCUT2D eigenvalue weighted by atomic mass is 9.81. The fraction of sp³-hybridized carbons (Fsp3) is 0.500. The number of anilines is 1. The van der Waals surface area contributed by atoms with Crippen LogP contribution in [0.2, 0.25) is 5.02 Å². The number of nitrogens with zero attached hydrogens (tertiary/aromatic N) is 1. The quantitative estimate of drug-likeness (QED) is 0.237. The summed E-state index contributed by atoms with van der Waals surface area (Å²) >= 11 is 5.87. The number of halogens is 1. The van der Waals surface area contributed by atoms with Gasteiger partial charge in [-0.25, -0.2) is 0 Å². The molecule has 1 saturated carbocycles. The molecule has 2 aliphatic rings. The van der Waals surface area contributed by atoms with Crippen LogP contribution >= 0.6 is 11.6 Å². The van der Waals surface area contributed by atoms with Crippen LogP contribution in [0.3, 0.4) is 0 Å². The van der Waals surface area contributed by atoms with E-state index in [1.54, 1.807) is 24.3 Å². The summed E-state index contributed by atoms with van der Waals surface area (Å²) in [7, 11) is 0. The van der Waals surface area contributed by atoms with Gasteiger partial charge in [-0.15, -0.1) is 0 Å². The number of nitriles is 1. The summed E-state index contributed by atoms with van der Waals surface area (Å²) in [5.41, 5.74) is 6.31. The van der Waals surface area contributed by atoms with Gasteiger partial charge in [0, 0.05) is 41.0 Å². The van der Waals surface area contributed by atoms with E-state index in [1.807, 2.05) is 0 Å². The highest BCUT2D eigenvalue weighted by Gasteiger charge is 2.35. The van der Waals surface area contributed by atoms with Crippen LogP contribution in [0.1, 0.15) is 26.2 Å². The van der Waals surface area contributed by atoms with E-state index >= 15 is 0 Å². The van der Waals surface area contributed by atoms with Crippen molar-refractivity contribution in [2.45, 2.75) is 38.3 Å². The van der Waals surface area contributed by atoms with Crippen molar-refractivity contribution in [3.8, 4) is 6.07 Å². The Morgan fingerprint density at radius 3 is 2.68 bits per heavy atom. The van der Waals surface area contributed by atoms with E-state index in [2.05, 4.69) is 28.9 Å². The Labute approximate surface area is 187 Å². The standard InChI is InChI=1S/C22H29ClN6O2/c1-22(12-31-13-22)11-28-17-6-7-19(14(8-17)9-24)27-10-18(21(26)30)20(25)29-16-4-2-15(23)3-5-16/h2-5,10,14,17,19,27-28H,6-8,11-13H2,1H3,(H2,25,29)(H2,26,30)/b18-10+/t14-,17+,19?/m1/s1. The van der Waals surface area contributed by atoms with Crippen LogP contribution in [0.15, 0.2) is 36.0 Å². The van der Waals surface area contributed by atoms with Crippen LogP contribution in [-0.2, 0) is 9.53 Å². The second-order valence-electron chi connectivity index (χ2n) is 8.63. The van der Waals surface area contributed by atoms with Gasteiger partial charge in [-0.05, 0) is 43.5 Å². The van der Waals surface area contributed by atoms with Gasteiger partial charge < -0.3 is 26.4 Å². The Balaban J connectivity index is 1.57. The lowest BCUT2D eigenvalue weighted by Crippen LogP contribution is -2.51. The number of hydrogen-bond acceptors (Lipinski definition) is 6. The molecule has 0 radical (unpaired) electrons. The second kappa shape index (κ2) is 10.1. The maximum absolute atomic E-state index is 11.9. The van der Waals surface area contributed by atoms with Crippen LogP contribution in [0.5, 0.6) is 0 Å². The van der Waals surface area contributed by atoms with Gasteiger partial charge >= 0.3 is 0 Å². The maximum Gasteiger partial charge on any atom is 0.253 e. The minimum absolute atomic E-state index is 0.0183. The highest BCUT2D eigenvalue weighted by molar-refractivity contribution is 6.30. The molecule has 31 heavy (non-hydrogen) atoms. The molecule has 1 amide bonds. The monoisotopic (exact) mass is 444 g/mol. The van der Waals surface area contributed by atoms with Crippen LogP contribution in [-0.4, -0.2) is 43.6 Å². The van der Waals surface area contributed by atoms with Gasteiger partial charge in [0.25, 0.3) is 5.91 Å². The van der Waals surface area contributed by atoms with E-state index in [0.717, 1.165) is 39.0 Å². The maximum atomic E-state index is 11.9. The highest BCUT2D eigenvalue weighted by Crippen LogP contribution is 2.28. The predicted octanol–water partition coefficient (Wildman–Crippen LogP) is 2.37. The Bertz CT molecular complexity index is 875. The van der Waals surface area contributed by atoms with E-state index in [0.29, 0.717) is 10.7 Å². The topological polar surface area (TPSA) is 136 Å². The lowest BCUT2D eigenvalue weighted by Gasteiger charge is -2.41. The number of primary amides is 1. The minimum atomic E-state index is -0.723. The number of benzene rings is 1. The first kappa shape index (κ1) is 23.1. The SMILES string of the molecule is CC1(CN[C@H]2CCC(N/C=C(\C(=N)Nc3ccc(Cl)cc3)C(N)=O)[C@@H](C#N)C2)COC1. The fourth-order valence-corrected chi connectivity index (χ4v) is 3.97. The molecule has 0 aromatic heterocycles. The van der Waals surface area contributed by atoms with Crippen molar-refractivity contribution in [3.05, 3.63) is 41.1 Å². The van der Waals surface area contributed by atoms with Gasteiger partial charge in [-0.3, -0.25) is 10.2 Å². The number of hydrogen-bond donors (Lipinski definition) is 5. The van der Waals surface area contributed by atoms with Gasteiger partial charge in [0.05, 0.1) is 30.8 Å². The first-order chi connectivity index (χ1) is 14.8. The first-order valence-corrected chi connectivity index (χ1v) is 10.8. The molecule has 1 unspecified atom stereocenters. The number of carbonyl (C=O) groups excluding carboxylic acids is 1. The second-order valence-corrected chi connectivity index (χ2v) is 9.07. The average molecular weight is 445 g/mol. The molecule has 3 rings (SSSR count). The number of nitrogens with two attached hydrogens (primary N) is 1. The molecular formula is C22H29ClN6O2. The first-order valence-electron chi connectivity index (χ1n) is 10.4. The normalized spacial score (nSPS) is 25.1. The number of rotatable bonds is 8. The van der Waals surface area contributed by atoms with E-state index in [1.165, 1.54) is 6.20 Å². The van der Waals surface area contributed by atoms with Crippen LogP contribution in [0.4, 0.5) is 5.69 Å². The van der Waals surface area contributed by atoms with Gasteiger partial charge in [0.2, 0.25) is 0 Å². The third-order valence-electron chi connectivity index (χ3n) is 5.82. The zero-order chi connectivity index (χ0) is 22.4. The smallest absolute Gasteiger partial charge is 0.253 e. The Morgan fingerprint density at radius 2 is 2.10 bits per heavy atom. The number of amides is 1. The summed E-state index contributed by atoms with van der Waals surface area (Å²) in [5.74, 6) is -1.05. The van der Waals surface area contributed by atoms with Crippen LogP contribution in [0.25, 0.3) is 0 Å². The molecule has 9 heteroatoms. The Morgan fingerprint density at radius 1 is 1.39 bits per heavy atom. The van der Waals surface area contributed by atoms with Crippen LogP contribution < -0.4 is 21.7 Å². The number of ether oxygens (including phenoxy) is 1. The van der Waals surface area contributed by atoms with Crippen molar-refractivity contribution >= 4 is 29.0 Å². The molecule has 0 bridgehead atoms. The molecule has 1 aromatic rings. The third-order valence-corrected chi connectivity index (χ3v) is 6.08. The summed E-state index contributed by atoms with van der Waals surface area (Å²) in [6.07, 6.45) is 3.88. The highest BCUT2D eigenvalue weighted by atomic mass is 35.5. The molecule has 3 atom stereocenters. The third kappa shape index (κ3) is 6.20. The molecule has 6 N–H and O–H groups in total. The number of amidine groups is 1. The van der Waals surface area contributed by atoms with Crippen molar-refractivity contribution in [1.29, 1.82) is 10.7 Å². The largest absolute Gasteiger partial charge is 0.386 e. The van der Waals surface area contributed by atoms with Gasteiger partial charge in [0.1, 0.15) is 5.84 Å². The summed E-state index contributed by atoms with van der Waals surface area (Å²) in [4.78, 5) is 11.9. The predicted molar refractivity (Wildman–Crippen MR) is 121 cm³/mol. The average Bonchev–Trinajstić information content (AvgIpc) is 2.72. The minimum Gasteiger partial charge on any atom is -0.386 e. The molecular weight excluding hydrogens is 416 g/mol. The summed E-state index contributed by atoms with van der Waals surface area (Å²) in [6, 6.07) is 9.34. The van der Waals surface area contributed by atoms with Gasteiger partial charge in [-0.2, -0.15) is 5.26 Å². The number of nitrogens with one attached hydrogen (secondary N) is 4. The summed E-state index contributed by atoms with van der Waals surface area (Å²) < 4.78 is 5.30. The summed E-state index contributed by atoms with van der Waals surface area (Å²) in [6.45, 7) is 4.62. The van der Waals surface area contributed by atoms with Gasteiger partial charge in [-0.1, -0.05) is 18.5 Å². The Kier molecular flexibility index (Phi) is 7.55. The Hall–Kier alpha value is -2.60. The van der Waals surface area contributed by atoms with Crippen molar-refractivity contribution < 1.29 is 9.53 Å². The van der Waals surface area contributed by atoms with Crippen molar-refractivity contribution in [1.82, 2.24) is 10.6 Å². The molecule has 1 aromatic carbocycles. The van der Waals surface area contributed by atoms with Crippen molar-refractivity contribution in [2.24, 2.45) is 17.1 Å². The van der Waals surface area contributed by atoms with E-state index in [4.69, 9.17) is 27.5 Å². The molecule has 1 heterocycles.